The Labute approximate surface area is 159 Å². The molecule has 0 N–H and O–H groups in total. The maximum absolute atomic E-state index is 12.5. The van der Waals surface area contributed by atoms with Crippen molar-refractivity contribution in [2.75, 3.05) is 0 Å². The highest BCUT2D eigenvalue weighted by molar-refractivity contribution is 5.80. The van der Waals surface area contributed by atoms with E-state index >= 15 is 0 Å². The van der Waals surface area contributed by atoms with Crippen LogP contribution in [0.15, 0.2) is 78.5 Å². The Morgan fingerprint density at radius 1 is 1.04 bits per heavy atom. The van der Waals surface area contributed by atoms with E-state index in [9.17, 15) is 8.78 Å². The van der Waals surface area contributed by atoms with E-state index in [0.717, 1.165) is 22.4 Å². The third kappa shape index (κ3) is 7.02. The van der Waals surface area contributed by atoms with Crippen LogP contribution in [0.1, 0.15) is 37.0 Å². The molecule has 0 aliphatic carbocycles. The van der Waals surface area contributed by atoms with Crippen LogP contribution in [-0.4, -0.2) is 12.3 Å². The van der Waals surface area contributed by atoms with Crippen LogP contribution in [-0.2, 0) is 0 Å². The molecule has 2 nitrogen and oxygen atoms in total. The lowest BCUT2D eigenvalue weighted by Gasteiger charge is -2.10. The lowest BCUT2D eigenvalue weighted by atomic mass is 10.1. The van der Waals surface area contributed by atoms with E-state index in [0.29, 0.717) is 0 Å². The van der Waals surface area contributed by atoms with Crippen LogP contribution in [0.5, 0.6) is 5.75 Å². The number of ether oxygens (including phenoxy) is 1. The van der Waals surface area contributed by atoms with Gasteiger partial charge in [-0.1, -0.05) is 49.1 Å². The largest absolute Gasteiger partial charge is 0.491 e. The monoisotopic (exact) mass is 367 g/mol. The molecule has 0 bridgehead atoms. The van der Waals surface area contributed by atoms with Crippen molar-refractivity contribution in [3.05, 3.63) is 90.2 Å². The Morgan fingerprint density at radius 2 is 1.70 bits per heavy atom. The van der Waals surface area contributed by atoms with Crippen molar-refractivity contribution in [2.45, 2.75) is 26.4 Å². The first-order valence-electron chi connectivity index (χ1n) is 8.66. The Hall–Kier alpha value is -3.01. The smallest absolute Gasteiger partial charge is 0.263 e. The van der Waals surface area contributed by atoms with Gasteiger partial charge in [0.1, 0.15) is 5.75 Å². The van der Waals surface area contributed by atoms with E-state index in [4.69, 9.17) is 4.74 Å². The fourth-order valence-corrected chi connectivity index (χ4v) is 2.26. The van der Waals surface area contributed by atoms with Gasteiger partial charge in [-0.25, -0.2) is 8.78 Å². The van der Waals surface area contributed by atoms with E-state index in [2.05, 4.69) is 11.6 Å². The minimum atomic E-state index is -2.45. The van der Waals surface area contributed by atoms with Crippen LogP contribution in [0.4, 0.5) is 8.78 Å². The molecule has 0 fully saturated rings. The number of halogens is 2. The zero-order chi connectivity index (χ0) is 19.6. The molecule has 4 heteroatoms. The van der Waals surface area contributed by atoms with Gasteiger partial charge in [0.05, 0.1) is 6.10 Å². The second-order valence-corrected chi connectivity index (χ2v) is 6.16. The van der Waals surface area contributed by atoms with Gasteiger partial charge in [-0.3, -0.25) is 4.99 Å². The van der Waals surface area contributed by atoms with Gasteiger partial charge in [0, 0.05) is 18.0 Å². The molecule has 0 aromatic heterocycles. The molecule has 0 aliphatic heterocycles. The van der Waals surface area contributed by atoms with E-state index in [-0.39, 0.29) is 11.7 Å². The van der Waals surface area contributed by atoms with Crippen molar-refractivity contribution < 1.29 is 13.5 Å². The standard InChI is InChI=1S/C23H23F2NO/c1-17(2)27-22-12-10-20(11-13-22)18(3)5-4-15-26-16-14-19-6-8-21(9-7-19)23(24)25/h4-17,23H,3H2,1-2H3/b5-4-,16-14+,26-15+. The predicted molar refractivity (Wildman–Crippen MR) is 109 cm³/mol. The number of hydrogen-bond donors (Lipinski definition) is 0. The van der Waals surface area contributed by atoms with E-state index in [1.807, 2.05) is 44.2 Å². The van der Waals surface area contributed by atoms with Gasteiger partial charge in [0.25, 0.3) is 6.43 Å². The van der Waals surface area contributed by atoms with Gasteiger partial charge >= 0.3 is 0 Å². The highest BCUT2D eigenvalue weighted by atomic mass is 19.3. The Kier molecular flexibility index (Phi) is 7.68. The summed E-state index contributed by atoms with van der Waals surface area (Å²) in [5.74, 6) is 0.832. The summed E-state index contributed by atoms with van der Waals surface area (Å²) in [6.07, 6.45) is 6.37. The molecule has 0 atom stereocenters. The van der Waals surface area contributed by atoms with Gasteiger partial charge in [-0.2, -0.15) is 0 Å². The first kappa shape index (κ1) is 20.3. The third-order valence-corrected chi connectivity index (χ3v) is 3.61. The average molecular weight is 367 g/mol. The molecule has 2 aromatic rings. The Balaban J connectivity index is 1.85. The van der Waals surface area contributed by atoms with Crippen LogP contribution in [0.2, 0.25) is 0 Å². The molecule has 27 heavy (non-hydrogen) atoms. The highest BCUT2D eigenvalue weighted by Gasteiger charge is 2.04. The van der Waals surface area contributed by atoms with E-state index in [1.165, 1.54) is 12.1 Å². The number of benzene rings is 2. The number of alkyl halides is 2. The van der Waals surface area contributed by atoms with Crippen LogP contribution < -0.4 is 4.74 Å². The lowest BCUT2D eigenvalue weighted by Crippen LogP contribution is -2.05. The van der Waals surface area contributed by atoms with Crippen LogP contribution >= 0.6 is 0 Å². The van der Waals surface area contributed by atoms with Crippen LogP contribution in [0, 0.1) is 0 Å². The maximum atomic E-state index is 12.5. The normalized spacial score (nSPS) is 12.1. The van der Waals surface area contributed by atoms with Crippen molar-refractivity contribution in [3.63, 3.8) is 0 Å². The summed E-state index contributed by atoms with van der Waals surface area (Å²) < 4.78 is 30.6. The molecule has 140 valence electrons. The summed E-state index contributed by atoms with van der Waals surface area (Å²) in [7, 11) is 0. The minimum absolute atomic E-state index is 0.0147. The summed E-state index contributed by atoms with van der Waals surface area (Å²) in [6.45, 7) is 8.01. The second kappa shape index (κ2) is 10.2. The molecular formula is C23H23F2NO. The van der Waals surface area contributed by atoms with Crippen molar-refractivity contribution in [1.29, 1.82) is 0 Å². The molecule has 0 amide bonds. The molecule has 0 heterocycles. The number of allylic oxidation sites excluding steroid dienone is 3. The number of rotatable bonds is 8. The molecule has 0 radical (unpaired) electrons. The summed E-state index contributed by atoms with van der Waals surface area (Å²) in [6, 6.07) is 13.9. The first-order chi connectivity index (χ1) is 13.0. The zero-order valence-corrected chi connectivity index (χ0v) is 15.5. The minimum Gasteiger partial charge on any atom is -0.491 e. The lowest BCUT2D eigenvalue weighted by molar-refractivity contribution is 0.151. The number of hydrogen-bond acceptors (Lipinski definition) is 2. The molecule has 0 aliphatic rings. The summed E-state index contributed by atoms with van der Waals surface area (Å²) >= 11 is 0. The zero-order valence-electron chi connectivity index (χ0n) is 15.5. The Bertz CT molecular complexity index is 816. The SMILES string of the molecule is C=C(\C=C/C=N/C=C/c1ccc(C(F)F)cc1)c1ccc(OC(C)C)cc1. The molecule has 2 aromatic carbocycles. The fourth-order valence-electron chi connectivity index (χ4n) is 2.26. The van der Waals surface area contributed by atoms with Crippen molar-refractivity contribution in [2.24, 2.45) is 4.99 Å². The van der Waals surface area contributed by atoms with Crippen LogP contribution in [0.3, 0.4) is 0 Å². The van der Waals surface area contributed by atoms with Crippen molar-refractivity contribution in [1.82, 2.24) is 0 Å². The second-order valence-electron chi connectivity index (χ2n) is 6.16. The molecular weight excluding hydrogens is 344 g/mol. The third-order valence-electron chi connectivity index (χ3n) is 3.61. The first-order valence-corrected chi connectivity index (χ1v) is 8.66. The highest BCUT2D eigenvalue weighted by Crippen LogP contribution is 2.20. The van der Waals surface area contributed by atoms with Gasteiger partial charge in [0.15, 0.2) is 0 Å². The summed E-state index contributed by atoms with van der Waals surface area (Å²) in [5, 5.41) is 0. The molecule has 2 rings (SSSR count). The average Bonchev–Trinajstić information content (AvgIpc) is 2.65. The van der Waals surface area contributed by atoms with Crippen LogP contribution in [0.25, 0.3) is 11.6 Å². The summed E-state index contributed by atoms with van der Waals surface area (Å²) in [5.41, 5.74) is 2.70. The van der Waals surface area contributed by atoms with Gasteiger partial charge < -0.3 is 4.74 Å². The topological polar surface area (TPSA) is 21.6 Å². The van der Waals surface area contributed by atoms with Crippen molar-refractivity contribution in [3.8, 4) is 5.75 Å². The maximum Gasteiger partial charge on any atom is 0.263 e. The summed E-state index contributed by atoms with van der Waals surface area (Å²) in [4.78, 5) is 4.13. The molecule has 0 unspecified atom stereocenters. The van der Waals surface area contributed by atoms with E-state index < -0.39 is 6.43 Å². The predicted octanol–water partition coefficient (Wildman–Crippen LogP) is 6.72. The van der Waals surface area contributed by atoms with Crippen molar-refractivity contribution >= 4 is 17.9 Å². The van der Waals surface area contributed by atoms with Gasteiger partial charge in [0.2, 0.25) is 0 Å². The van der Waals surface area contributed by atoms with Gasteiger partial charge in [-0.05, 0) is 54.8 Å². The molecule has 0 saturated carbocycles. The number of aliphatic imine (C=N–C) groups is 1. The van der Waals surface area contributed by atoms with E-state index in [1.54, 1.807) is 36.7 Å². The van der Waals surface area contributed by atoms with Gasteiger partial charge in [-0.15, -0.1) is 0 Å². The Morgan fingerprint density at radius 3 is 2.30 bits per heavy atom. The number of nitrogens with zero attached hydrogens (tertiary/aromatic N) is 1. The quantitative estimate of drug-likeness (QED) is 0.375. The molecule has 0 saturated heterocycles. The fraction of sp³-hybridized carbons (Fsp3) is 0.174. The molecule has 0 spiro atoms.